The summed E-state index contributed by atoms with van der Waals surface area (Å²) in [4.78, 5) is 11.5. The fourth-order valence-corrected chi connectivity index (χ4v) is 1.12. The van der Waals surface area contributed by atoms with E-state index in [4.69, 9.17) is 5.26 Å². The van der Waals surface area contributed by atoms with E-state index in [1.165, 1.54) is 0 Å². The summed E-state index contributed by atoms with van der Waals surface area (Å²) in [6, 6.07) is 9.33. The molecular weight excluding hydrogens is 176 g/mol. The van der Waals surface area contributed by atoms with Crippen molar-refractivity contribution in [3.8, 4) is 6.07 Å². The van der Waals surface area contributed by atoms with Crippen LogP contribution in [-0.4, -0.2) is 12.5 Å². The molecule has 0 saturated carbocycles. The summed E-state index contributed by atoms with van der Waals surface area (Å²) in [6.45, 7) is 2.34. The zero-order chi connectivity index (χ0) is 10.4. The highest BCUT2D eigenvalue weighted by atomic mass is 16.1. The molecule has 1 amide bonds. The average Bonchev–Trinajstić information content (AvgIpc) is 2.18. The van der Waals surface area contributed by atoms with Gasteiger partial charge in [-0.3, -0.25) is 4.79 Å². The third kappa shape index (κ3) is 2.91. The minimum absolute atomic E-state index is 0.121. The molecule has 0 bridgehead atoms. The van der Waals surface area contributed by atoms with Crippen LogP contribution >= 0.6 is 0 Å². The largest absolute Gasteiger partial charge is 0.351 e. The number of carbonyl (C=O) groups excluding carboxylic acids is 1. The van der Waals surface area contributed by atoms with E-state index in [9.17, 15) is 4.79 Å². The Morgan fingerprint density at radius 1 is 1.57 bits per heavy atom. The van der Waals surface area contributed by atoms with E-state index < -0.39 is 0 Å². The van der Waals surface area contributed by atoms with Gasteiger partial charge in [-0.05, 0) is 19.1 Å². The Balaban J connectivity index is 2.57. The van der Waals surface area contributed by atoms with Crippen molar-refractivity contribution in [2.24, 2.45) is 0 Å². The Bertz CT molecular complexity index is 366. The zero-order valence-electron chi connectivity index (χ0n) is 8.08. The second-order valence-electron chi connectivity index (χ2n) is 3.03. The lowest BCUT2D eigenvalue weighted by atomic mass is 10.1. The smallest absolute Gasteiger partial charge is 0.251 e. The first kappa shape index (κ1) is 10.3. The Hall–Kier alpha value is -1.82. The van der Waals surface area contributed by atoms with E-state index in [-0.39, 0.29) is 5.91 Å². The molecule has 0 radical (unpaired) electrons. The molecule has 1 aromatic carbocycles. The van der Waals surface area contributed by atoms with E-state index in [0.29, 0.717) is 18.5 Å². The molecule has 0 aromatic heterocycles. The van der Waals surface area contributed by atoms with Crippen LogP contribution in [0.2, 0.25) is 0 Å². The molecule has 3 nitrogen and oxygen atoms in total. The summed E-state index contributed by atoms with van der Waals surface area (Å²) in [7, 11) is 0. The molecule has 0 spiro atoms. The molecule has 0 atom stereocenters. The highest BCUT2D eigenvalue weighted by molar-refractivity contribution is 5.94. The summed E-state index contributed by atoms with van der Waals surface area (Å²) in [5.41, 5.74) is 1.70. The summed E-state index contributed by atoms with van der Waals surface area (Å²) in [6.07, 6.45) is 0.345. The quantitative estimate of drug-likeness (QED) is 0.733. The van der Waals surface area contributed by atoms with Crippen LogP contribution in [0.25, 0.3) is 0 Å². The predicted molar refractivity (Wildman–Crippen MR) is 53.7 cm³/mol. The van der Waals surface area contributed by atoms with Crippen LogP contribution in [0.3, 0.4) is 0 Å². The van der Waals surface area contributed by atoms with Crippen molar-refractivity contribution in [1.82, 2.24) is 5.32 Å². The summed E-state index contributed by atoms with van der Waals surface area (Å²) >= 11 is 0. The van der Waals surface area contributed by atoms with Crippen LogP contribution in [0.1, 0.15) is 22.3 Å². The Kier molecular flexibility index (Phi) is 3.69. The SMILES string of the molecule is Cc1cccc(C(=O)NCCC#N)c1. The Morgan fingerprint density at radius 3 is 3.00 bits per heavy atom. The van der Waals surface area contributed by atoms with Gasteiger partial charge in [0.05, 0.1) is 12.5 Å². The number of nitrogens with zero attached hydrogens (tertiary/aromatic N) is 1. The molecule has 1 rings (SSSR count). The summed E-state index contributed by atoms with van der Waals surface area (Å²) in [5, 5.41) is 11.0. The van der Waals surface area contributed by atoms with E-state index in [1.807, 2.05) is 31.2 Å². The first-order valence-corrected chi connectivity index (χ1v) is 4.46. The number of amides is 1. The maximum Gasteiger partial charge on any atom is 0.251 e. The summed E-state index contributed by atoms with van der Waals surface area (Å²) in [5.74, 6) is -0.121. The van der Waals surface area contributed by atoms with Gasteiger partial charge in [0.1, 0.15) is 0 Å². The van der Waals surface area contributed by atoms with Crippen molar-refractivity contribution in [3.05, 3.63) is 35.4 Å². The third-order valence-electron chi connectivity index (χ3n) is 1.80. The molecule has 72 valence electrons. The number of aryl methyl sites for hydroxylation is 1. The lowest BCUT2D eigenvalue weighted by Crippen LogP contribution is -2.24. The van der Waals surface area contributed by atoms with Crippen molar-refractivity contribution >= 4 is 5.91 Å². The van der Waals surface area contributed by atoms with Gasteiger partial charge in [-0.1, -0.05) is 17.7 Å². The Labute approximate surface area is 83.4 Å². The highest BCUT2D eigenvalue weighted by Crippen LogP contribution is 2.03. The van der Waals surface area contributed by atoms with Gasteiger partial charge in [-0.25, -0.2) is 0 Å². The minimum Gasteiger partial charge on any atom is -0.351 e. The highest BCUT2D eigenvalue weighted by Gasteiger charge is 2.03. The van der Waals surface area contributed by atoms with Gasteiger partial charge in [0.15, 0.2) is 0 Å². The number of nitrogens with one attached hydrogen (secondary N) is 1. The molecule has 1 aromatic rings. The van der Waals surface area contributed by atoms with Crippen molar-refractivity contribution in [2.75, 3.05) is 6.54 Å². The molecule has 3 heteroatoms. The van der Waals surface area contributed by atoms with Gasteiger partial charge < -0.3 is 5.32 Å². The minimum atomic E-state index is -0.121. The van der Waals surface area contributed by atoms with E-state index in [1.54, 1.807) is 6.07 Å². The number of rotatable bonds is 3. The standard InChI is InChI=1S/C11H12N2O/c1-9-4-2-5-10(8-9)11(14)13-7-3-6-12/h2,4-5,8H,3,7H2,1H3,(H,13,14). The molecule has 0 aliphatic carbocycles. The molecule has 0 heterocycles. The number of nitriles is 1. The van der Waals surface area contributed by atoms with Crippen molar-refractivity contribution < 1.29 is 4.79 Å². The predicted octanol–water partition coefficient (Wildman–Crippen LogP) is 1.64. The molecule has 0 aliphatic heterocycles. The van der Waals surface area contributed by atoms with E-state index in [0.717, 1.165) is 5.56 Å². The van der Waals surface area contributed by atoms with Crippen LogP contribution in [0, 0.1) is 18.3 Å². The lowest BCUT2D eigenvalue weighted by Gasteiger charge is -2.02. The molecule has 0 fully saturated rings. The second-order valence-corrected chi connectivity index (χ2v) is 3.03. The molecule has 14 heavy (non-hydrogen) atoms. The molecule has 1 N–H and O–H groups in total. The first-order chi connectivity index (χ1) is 6.74. The van der Waals surface area contributed by atoms with E-state index in [2.05, 4.69) is 5.32 Å². The number of hydrogen-bond donors (Lipinski definition) is 1. The number of hydrogen-bond acceptors (Lipinski definition) is 2. The van der Waals surface area contributed by atoms with Gasteiger partial charge in [0, 0.05) is 12.1 Å². The fourth-order valence-electron chi connectivity index (χ4n) is 1.12. The van der Waals surface area contributed by atoms with E-state index >= 15 is 0 Å². The number of carbonyl (C=O) groups is 1. The van der Waals surface area contributed by atoms with Crippen LogP contribution in [0.5, 0.6) is 0 Å². The van der Waals surface area contributed by atoms with Gasteiger partial charge in [0.25, 0.3) is 5.91 Å². The van der Waals surface area contributed by atoms with Crippen LogP contribution < -0.4 is 5.32 Å². The van der Waals surface area contributed by atoms with Crippen LogP contribution in [-0.2, 0) is 0 Å². The van der Waals surface area contributed by atoms with Gasteiger partial charge in [-0.15, -0.1) is 0 Å². The third-order valence-corrected chi connectivity index (χ3v) is 1.80. The van der Waals surface area contributed by atoms with Gasteiger partial charge in [-0.2, -0.15) is 5.26 Å². The zero-order valence-corrected chi connectivity index (χ0v) is 8.08. The monoisotopic (exact) mass is 188 g/mol. The first-order valence-electron chi connectivity index (χ1n) is 4.46. The average molecular weight is 188 g/mol. The van der Waals surface area contributed by atoms with Crippen LogP contribution in [0.4, 0.5) is 0 Å². The number of benzene rings is 1. The van der Waals surface area contributed by atoms with Crippen molar-refractivity contribution in [1.29, 1.82) is 5.26 Å². The topological polar surface area (TPSA) is 52.9 Å². The van der Waals surface area contributed by atoms with Gasteiger partial charge in [0.2, 0.25) is 0 Å². The second kappa shape index (κ2) is 5.03. The molecule has 0 unspecified atom stereocenters. The molecule has 0 saturated heterocycles. The fraction of sp³-hybridized carbons (Fsp3) is 0.273. The lowest BCUT2D eigenvalue weighted by molar-refractivity contribution is 0.0954. The molecular formula is C11H12N2O. The maximum absolute atomic E-state index is 11.5. The Morgan fingerprint density at radius 2 is 2.36 bits per heavy atom. The van der Waals surface area contributed by atoms with Crippen molar-refractivity contribution in [3.63, 3.8) is 0 Å². The molecule has 0 aliphatic rings. The van der Waals surface area contributed by atoms with Crippen molar-refractivity contribution in [2.45, 2.75) is 13.3 Å². The normalized spacial score (nSPS) is 9.14. The van der Waals surface area contributed by atoms with Gasteiger partial charge >= 0.3 is 0 Å². The van der Waals surface area contributed by atoms with Crippen LogP contribution in [0.15, 0.2) is 24.3 Å². The summed E-state index contributed by atoms with van der Waals surface area (Å²) < 4.78 is 0. The maximum atomic E-state index is 11.5.